The summed E-state index contributed by atoms with van der Waals surface area (Å²) >= 11 is 0. The molecule has 2 N–H and O–H groups in total. The van der Waals surface area contributed by atoms with Gasteiger partial charge in [-0.05, 0) is 61.6 Å². The van der Waals surface area contributed by atoms with Crippen LogP contribution in [-0.2, 0) is 11.3 Å². The van der Waals surface area contributed by atoms with Gasteiger partial charge >= 0.3 is 0 Å². The van der Waals surface area contributed by atoms with Crippen molar-refractivity contribution in [1.29, 1.82) is 0 Å². The van der Waals surface area contributed by atoms with Crippen molar-refractivity contribution in [3.8, 4) is 0 Å². The molecule has 3 aliphatic rings. The van der Waals surface area contributed by atoms with Crippen LogP contribution in [0.3, 0.4) is 0 Å². The first-order valence-electron chi connectivity index (χ1n) is 10.6. The molecule has 1 aromatic rings. The molecule has 4 nitrogen and oxygen atoms in total. The SMILES string of the molecule is Cl.Cl.NC1C2CCCC1CC(C(=O)N1CCCN(Cc3ccc(F)cc3)CC1)C2. The Bertz CT molecular complexity index is 646. The number of halogens is 3. The highest BCUT2D eigenvalue weighted by atomic mass is 35.5. The highest BCUT2D eigenvalue weighted by Gasteiger charge is 2.41. The maximum absolute atomic E-state index is 13.2. The summed E-state index contributed by atoms with van der Waals surface area (Å²) in [5.74, 6) is 1.45. The van der Waals surface area contributed by atoms with Crippen molar-refractivity contribution in [3.63, 3.8) is 0 Å². The highest BCUT2D eigenvalue weighted by Crippen LogP contribution is 2.42. The van der Waals surface area contributed by atoms with Crippen molar-refractivity contribution >= 4 is 30.7 Å². The van der Waals surface area contributed by atoms with Crippen molar-refractivity contribution in [1.82, 2.24) is 9.80 Å². The molecular formula is C22H34Cl2FN3O. The second kappa shape index (κ2) is 10.9. The van der Waals surface area contributed by atoms with Gasteiger partial charge in [0.1, 0.15) is 5.82 Å². The predicted molar refractivity (Wildman–Crippen MR) is 119 cm³/mol. The first kappa shape index (κ1) is 24.4. The molecule has 29 heavy (non-hydrogen) atoms. The Morgan fingerprint density at radius 1 is 0.966 bits per heavy atom. The molecule has 0 aromatic heterocycles. The summed E-state index contributed by atoms with van der Waals surface area (Å²) in [7, 11) is 0. The minimum absolute atomic E-state index is 0. The number of carbonyl (C=O) groups is 1. The average Bonchev–Trinajstić information content (AvgIpc) is 2.88. The van der Waals surface area contributed by atoms with E-state index >= 15 is 0 Å². The topological polar surface area (TPSA) is 49.6 Å². The third-order valence-corrected chi connectivity index (χ3v) is 6.98. The Morgan fingerprint density at radius 3 is 2.28 bits per heavy atom. The maximum Gasteiger partial charge on any atom is 0.225 e. The van der Waals surface area contributed by atoms with Crippen LogP contribution in [0.5, 0.6) is 0 Å². The van der Waals surface area contributed by atoms with E-state index in [9.17, 15) is 9.18 Å². The lowest BCUT2D eigenvalue weighted by molar-refractivity contribution is -0.138. The Labute approximate surface area is 186 Å². The van der Waals surface area contributed by atoms with Crippen molar-refractivity contribution in [3.05, 3.63) is 35.6 Å². The molecule has 4 rings (SSSR count). The molecule has 2 bridgehead atoms. The van der Waals surface area contributed by atoms with Crippen molar-refractivity contribution < 1.29 is 9.18 Å². The van der Waals surface area contributed by atoms with Crippen LogP contribution in [0, 0.1) is 23.6 Å². The summed E-state index contributed by atoms with van der Waals surface area (Å²) in [6.45, 7) is 4.36. The van der Waals surface area contributed by atoms with Crippen LogP contribution in [0.15, 0.2) is 24.3 Å². The Hall–Kier alpha value is -0.880. The molecule has 7 heteroatoms. The quantitative estimate of drug-likeness (QED) is 0.767. The van der Waals surface area contributed by atoms with E-state index < -0.39 is 0 Å². The Morgan fingerprint density at radius 2 is 1.62 bits per heavy atom. The van der Waals surface area contributed by atoms with E-state index in [0.717, 1.165) is 57.5 Å². The van der Waals surface area contributed by atoms with E-state index in [1.165, 1.54) is 31.4 Å². The van der Waals surface area contributed by atoms with E-state index in [1.54, 1.807) is 0 Å². The third-order valence-electron chi connectivity index (χ3n) is 6.98. The van der Waals surface area contributed by atoms with E-state index in [-0.39, 0.29) is 36.5 Å². The molecule has 2 unspecified atom stereocenters. The van der Waals surface area contributed by atoms with Gasteiger partial charge in [-0.3, -0.25) is 9.69 Å². The zero-order chi connectivity index (χ0) is 18.8. The monoisotopic (exact) mass is 445 g/mol. The van der Waals surface area contributed by atoms with E-state index in [1.807, 2.05) is 12.1 Å². The van der Waals surface area contributed by atoms with Crippen molar-refractivity contribution in [2.45, 2.75) is 51.1 Å². The number of carbonyl (C=O) groups excluding carboxylic acids is 1. The smallest absolute Gasteiger partial charge is 0.225 e. The first-order valence-corrected chi connectivity index (χ1v) is 10.6. The summed E-state index contributed by atoms with van der Waals surface area (Å²) in [5, 5.41) is 0. The molecule has 2 atom stereocenters. The lowest BCUT2D eigenvalue weighted by atomic mass is 9.65. The van der Waals surface area contributed by atoms with Gasteiger partial charge in [0.15, 0.2) is 0 Å². The molecule has 1 heterocycles. The number of fused-ring (bicyclic) bond motifs is 2. The standard InChI is InChI=1S/C22H32FN3O.2ClH/c23-20-7-5-16(6-8-20)15-25-9-2-10-26(12-11-25)22(27)19-13-17-3-1-4-18(14-19)21(17)24;;/h5-8,17-19,21H,1-4,9-15,24H2;2*1H. The van der Waals surface area contributed by atoms with Crippen LogP contribution in [0.2, 0.25) is 0 Å². The van der Waals surface area contributed by atoms with Crippen molar-refractivity contribution in [2.75, 3.05) is 26.2 Å². The summed E-state index contributed by atoms with van der Waals surface area (Å²) in [6, 6.07) is 7.07. The van der Waals surface area contributed by atoms with Crippen LogP contribution in [-0.4, -0.2) is 47.9 Å². The molecular weight excluding hydrogens is 412 g/mol. The van der Waals surface area contributed by atoms with Crippen LogP contribution in [0.1, 0.15) is 44.1 Å². The molecule has 2 aliphatic carbocycles. The molecule has 1 aliphatic heterocycles. The van der Waals surface area contributed by atoms with Gasteiger partial charge in [0.2, 0.25) is 5.91 Å². The minimum atomic E-state index is -0.191. The minimum Gasteiger partial charge on any atom is -0.341 e. The fourth-order valence-corrected chi connectivity index (χ4v) is 5.45. The van der Waals surface area contributed by atoms with Gasteiger partial charge in [-0.1, -0.05) is 18.6 Å². The highest BCUT2D eigenvalue weighted by molar-refractivity contribution is 5.85. The van der Waals surface area contributed by atoms with Crippen LogP contribution in [0.25, 0.3) is 0 Å². The van der Waals surface area contributed by atoms with Crippen LogP contribution >= 0.6 is 24.8 Å². The summed E-state index contributed by atoms with van der Waals surface area (Å²) < 4.78 is 13.1. The molecule has 1 aromatic carbocycles. The Kier molecular flexibility index (Phi) is 9.20. The second-order valence-electron chi connectivity index (χ2n) is 8.78. The van der Waals surface area contributed by atoms with Gasteiger partial charge < -0.3 is 10.6 Å². The van der Waals surface area contributed by atoms with Crippen LogP contribution in [0.4, 0.5) is 4.39 Å². The first-order chi connectivity index (χ1) is 13.1. The number of rotatable bonds is 3. The van der Waals surface area contributed by atoms with Crippen LogP contribution < -0.4 is 5.73 Å². The number of nitrogens with two attached hydrogens (primary N) is 1. The summed E-state index contributed by atoms with van der Waals surface area (Å²) in [4.78, 5) is 17.7. The fraction of sp³-hybridized carbons (Fsp3) is 0.682. The zero-order valence-electron chi connectivity index (χ0n) is 17.0. The van der Waals surface area contributed by atoms with Gasteiger partial charge in [0.25, 0.3) is 0 Å². The average molecular weight is 446 g/mol. The summed E-state index contributed by atoms with van der Waals surface area (Å²) in [6.07, 6.45) is 6.68. The second-order valence-corrected chi connectivity index (χ2v) is 8.78. The zero-order valence-corrected chi connectivity index (χ0v) is 18.6. The molecule has 3 fully saturated rings. The van der Waals surface area contributed by atoms with E-state index in [0.29, 0.717) is 23.8 Å². The van der Waals surface area contributed by atoms with Gasteiger partial charge in [-0.25, -0.2) is 4.39 Å². The van der Waals surface area contributed by atoms with Gasteiger partial charge in [0, 0.05) is 44.7 Å². The maximum atomic E-state index is 13.2. The molecule has 1 amide bonds. The third kappa shape index (κ3) is 5.84. The molecule has 0 spiro atoms. The van der Waals surface area contributed by atoms with Crippen molar-refractivity contribution in [2.24, 2.45) is 23.5 Å². The number of nitrogens with zero attached hydrogens (tertiary/aromatic N) is 2. The normalized spacial score (nSPS) is 29.9. The fourth-order valence-electron chi connectivity index (χ4n) is 5.45. The number of hydrogen-bond donors (Lipinski definition) is 1. The lowest BCUT2D eigenvalue weighted by Crippen LogP contribution is -2.50. The molecule has 0 radical (unpaired) electrons. The lowest BCUT2D eigenvalue weighted by Gasteiger charge is -2.44. The van der Waals surface area contributed by atoms with Gasteiger partial charge in [-0.2, -0.15) is 0 Å². The predicted octanol–water partition coefficient (Wildman–Crippen LogP) is 3.86. The van der Waals surface area contributed by atoms with E-state index in [2.05, 4.69) is 9.80 Å². The summed E-state index contributed by atoms with van der Waals surface area (Å²) in [5.41, 5.74) is 7.53. The van der Waals surface area contributed by atoms with Gasteiger partial charge in [0.05, 0.1) is 0 Å². The molecule has 2 saturated carbocycles. The molecule has 164 valence electrons. The molecule has 1 saturated heterocycles. The number of amides is 1. The number of benzene rings is 1. The number of hydrogen-bond acceptors (Lipinski definition) is 3. The largest absolute Gasteiger partial charge is 0.341 e. The Balaban J connectivity index is 0.00000150. The van der Waals surface area contributed by atoms with Gasteiger partial charge in [-0.15, -0.1) is 24.8 Å². The van der Waals surface area contributed by atoms with E-state index in [4.69, 9.17) is 5.73 Å².